The SMILES string of the molecule is CCOCCNCc1cccc(/C=C/c2cncc(C#N)c2Nc2ccc3[nH]ccc3c2C)n1. The van der Waals surface area contributed by atoms with Crippen LogP contribution in [0.3, 0.4) is 0 Å². The zero-order valence-electron chi connectivity index (χ0n) is 19.4. The van der Waals surface area contributed by atoms with Crippen molar-refractivity contribution >= 4 is 34.4 Å². The van der Waals surface area contributed by atoms with Gasteiger partial charge in [-0.2, -0.15) is 5.26 Å². The Hall–Kier alpha value is -3.99. The second-order valence-electron chi connectivity index (χ2n) is 7.83. The van der Waals surface area contributed by atoms with Gasteiger partial charge in [0.1, 0.15) is 6.07 Å². The summed E-state index contributed by atoms with van der Waals surface area (Å²) in [5, 5.41) is 17.6. The third-order valence-electron chi connectivity index (χ3n) is 5.55. The fourth-order valence-electron chi connectivity index (χ4n) is 3.75. The maximum absolute atomic E-state index is 9.70. The quantitative estimate of drug-likeness (QED) is 0.287. The van der Waals surface area contributed by atoms with Gasteiger partial charge in [-0.1, -0.05) is 6.07 Å². The summed E-state index contributed by atoms with van der Waals surface area (Å²) in [5.41, 5.74) is 6.95. The summed E-state index contributed by atoms with van der Waals surface area (Å²) in [5.74, 6) is 0. The van der Waals surface area contributed by atoms with Crippen molar-refractivity contribution in [2.24, 2.45) is 0 Å². The van der Waals surface area contributed by atoms with E-state index in [2.05, 4.69) is 39.7 Å². The van der Waals surface area contributed by atoms with Crippen LogP contribution in [0.1, 0.15) is 35.0 Å². The number of hydrogen-bond donors (Lipinski definition) is 3. The lowest BCUT2D eigenvalue weighted by molar-refractivity contribution is 0.149. The van der Waals surface area contributed by atoms with E-state index in [0.29, 0.717) is 18.7 Å². The molecule has 7 nitrogen and oxygen atoms in total. The number of aryl methyl sites for hydroxylation is 1. The van der Waals surface area contributed by atoms with Crippen LogP contribution in [0.2, 0.25) is 0 Å². The first-order valence-corrected chi connectivity index (χ1v) is 11.3. The molecule has 0 saturated carbocycles. The lowest BCUT2D eigenvalue weighted by atomic mass is 10.1. The molecule has 1 aromatic carbocycles. The third-order valence-corrected chi connectivity index (χ3v) is 5.55. The normalized spacial score (nSPS) is 11.2. The molecule has 0 atom stereocenters. The third kappa shape index (κ3) is 5.49. The zero-order valence-corrected chi connectivity index (χ0v) is 19.4. The van der Waals surface area contributed by atoms with E-state index >= 15 is 0 Å². The summed E-state index contributed by atoms with van der Waals surface area (Å²) in [6.07, 6.45) is 9.14. The predicted molar refractivity (Wildman–Crippen MR) is 137 cm³/mol. The standard InChI is InChI=1S/C27H28N6O/c1-3-34-14-13-29-18-23-6-4-5-22(32-23)8-7-20-16-30-17-21(15-28)27(20)33-25-9-10-26-24(19(25)2)11-12-31-26/h4-12,16-17,29,31H,3,13-14,18H2,1-2H3,(H,30,33)/b8-7+. The maximum Gasteiger partial charge on any atom is 0.103 e. The van der Waals surface area contributed by atoms with Crippen LogP contribution in [0.5, 0.6) is 0 Å². The number of pyridine rings is 2. The molecule has 0 bridgehead atoms. The summed E-state index contributed by atoms with van der Waals surface area (Å²) >= 11 is 0. The van der Waals surface area contributed by atoms with Crippen molar-refractivity contribution in [3.63, 3.8) is 0 Å². The van der Waals surface area contributed by atoms with Crippen molar-refractivity contribution in [2.45, 2.75) is 20.4 Å². The van der Waals surface area contributed by atoms with Gasteiger partial charge in [-0.15, -0.1) is 0 Å². The highest BCUT2D eigenvalue weighted by atomic mass is 16.5. The van der Waals surface area contributed by atoms with E-state index in [0.717, 1.165) is 57.9 Å². The van der Waals surface area contributed by atoms with Crippen molar-refractivity contribution in [1.29, 1.82) is 5.26 Å². The minimum absolute atomic E-state index is 0.482. The lowest BCUT2D eigenvalue weighted by Gasteiger charge is -2.14. The number of hydrogen-bond acceptors (Lipinski definition) is 6. The van der Waals surface area contributed by atoms with Gasteiger partial charge in [-0.05, 0) is 61.9 Å². The Balaban J connectivity index is 1.55. The first-order chi connectivity index (χ1) is 16.7. The molecule has 0 aliphatic carbocycles. The van der Waals surface area contributed by atoms with Crippen LogP contribution in [0.25, 0.3) is 23.1 Å². The molecule has 4 rings (SSSR count). The smallest absolute Gasteiger partial charge is 0.103 e. The van der Waals surface area contributed by atoms with Crippen molar-refractivity contribution in [3.8, 4) is 6.07 Å². The zero-order chi connectivity index (χ0) is 23.8. The summed E-state index contributed by atoms with van der Waals surface area (Å²) in [7, 11) is 0. The van der Waals surface area contributed by atoms with E-state index in [1.807, 2.05) is 55.6 Å². The number of nitrogens with one attached hydrogen (secondary N) is 3. The van der Waals surface area contributed by atoms with E-state index < -0.39 is 0 Å². The molecule has 34 heavy (non-hydrogen) atoms. The Labute approximate surface area is 199 Å². The van der Waals surface area contributed by atoms with Crippen LogP contribution < -0.4 is 10.6 Å². The van der Waals surface area contributed by atoms with Gasteiger partial charge in [0.25, 0.3) is 0 Å². The number of H-pyrrole nitrogens is 1. The largest absolute Gasteiger partial charge is 0.380 e. The topological polar surface area (TPSA) is 98.6 Å². The highest BCUT2D eigenvalue weighted by molar-refractivity contribution is 5.90. The van der Waals surface area contributed by atoms with Gasteiger partial charge < -0.3 is 20.4 Å². The summed E-state index contributed by atoms with van der Waals surface area (Å²) in [6.45, 7) is 6.92. The average Bonchev–Trinajstić information content (AvgIpc) is 3.35. The second kappa shape index (κ2) is 11.2. The van der Waals surface area contributed by atoms with Gasteiger partial charge in [-0.3, -0.25) is 9.97 Å². The Kier molecular flexibility index (Phi) is 7.66. The number of nitriles is 1. The molecule has 0 radical (unpaired) electrons. The molecule has 0 amide bonds. The molecule has 7 heteroatoms. The minimum Gasteiger partial charge on any atom is -0.380 e. The number of benzene rings is 1. The van der Waals surface area contributed by atoms with Gasteiger partial charge in [0.05, 0.1) is 29.2 Å². The molecule has 172 valence electrons. The average molecular weight is 453 g/mol. The monoisotopic (exact) mass is 452 g/mol. The molecule has 3 N–H and O–H groups in total. The molecule has 3 heterocycles. The highest BCUT2D eigenvalue weighted by Crippen LogP contribution is 2.31. The number of rotatable bonds is 10. The van der Waals surface area contributed by atoms with E-state index in [1.54, 1.807) is 12.4 Å². The van der Waals surface area contributed by atoms with E-state index in [1.165, 1.54) is 0 Å². The van der Waals surface area contributed by atoms with Gasteiger partial charge in [0.15, 0.2) is 0 Å². The molecule has 0 saturated heterocycles. The van der Waals surface area contributed by atoms with Crippen molar-refractivity contribution in [2.75, 3.05) is 25.1 Å². The Morgan fingerprint density at radius 2 is 2.06 bits per heavy atom. The molecule has 3 aromatic heterocycles. The van der Waals surface area contributed by atoms with Crippen molar-refractivity contribution < 1.29 is 4.74 Å². The summed E-state index contributed by atoms with van der Waals surface area (Å²) in [6, 6.07) is 14.3. The summed E-state index contributed by atoms with van der Waals surface area (Å²) < 4.78 is 5.35. The van der Waals surface area contributed by atoms with Crippen LogP contribution in [-0.4, -0.2) is 34.7 Å². The van der Waals surface area contributed by atoms with E-state index in [-0.39, 0.29) is 0 Å². The lowest BCUT2D eigenvalue weighted by Crippen LogP contribution is -2.19. The van der Waals surface area contributed by atoms with Crippen LogP contribution in [0.4, 0.5) is 11.4 Å². The molecule has 0 aliphatic rings. The Bertz CT molecular complexity index is 1330. The molecular formula is C27H28N6O. The fourth-order valence-corrected chi connectivity index (χ4v) is 3.75. The van der Waals surface area contributed by atoms with Crippen molar-refractivity contribution in [3.05, 3.63) is 83.1 Å². The molecule has 4 aromatic rings. The van der Waals surface area contributed by atoms with E-state index in [9.17, 15) is 5.26 Å². The molecular weight excluding hydrogens is 424 g/mol. The number of nitrogens with zero attached hydrogens (tertiary/aromatic N) is 3. The molecule has 0 unspecified atom stereocenters. The van der Waals surface area contributed by atoms with Gasteiger partial charge in [0.2, 0.25) is 0 Å². The molecule has 0 spiro atoms. The van der Waals surface area contributed by atoms with Crippen LogP contribution in [0, 0.1) is 18.3 Å². The minimum atomic E-state index is 0.482. The number of fused-ring (bicyclic) bond motifs is 1. The van der Waals surface area contributed by atoms with Crippen LogP contribution >= 0.6 is 0 Å². The first kappa shape index (κ1) is 23.2. The highest BCUT2D eigenvalue weighted by Gasteiger charge is 2.11. The van der Waals surface area contributed by atoms with E-state index in [4.69, 9.17) is 9.72 Å². The molecule has 0 fully saturated rings. The Morgan fingerprint density at radius 3 is 2.91 bits per heavy atom. The number of anilines is 2. The fraction of sp³-hybridized carbons (Fsp3) is 0.222. The van der Waals surface area contributed by atoms with Gasteiger partial charge in [-0.25, -0.2) is 0 Å². The second-order valence-corrected chi connectivity index (χ2v) is 7.83. The van der Waals surface area contributed by atoms with Crippen LogP contribution in [-0.2, 0) is 11.3 Å². The van der Waals surface area contributed by atoms with Gasteiger partial charge in [0, 0.05) is 60.4 Å². The van der Waals surface area contributed by atoms with Gasteiger partial charge >= 0.3 is 0 Å². The van der Waals surface area contributed by atoms with Crippen molar-refractivity contribution in [1.82, 2.24) is 20.3 Å². The molecule has 0 aliphatic heterocycles. The first-order valence-electron chi connectivity index (χ1n) is 11.3. The predicted octanol–water partition coefficient (Wildman–Crippen LogP) is 5.18. The summed E-state index contributed by atoms with van der Waals surface area (Å²) in [4.78, 5) is 12.2. The Morgan fingerprint density at radius 1 is 1.15 bits per heavy atom. The number of ether oxygens (including phenoxy) is 1. The number of aromatic amines is 1. The van der Waals surface area contributed by atoms with Crippen LogP contribution in [0.15, 0.2) is 55.0 Å². The number of aromatic nitrogens is 3. The maximum atomic E-state index is 9.70.